The first-order chi connectivity index (χ1) is 10.3. The molecule has 0 saturated carbocycles. The molecule has 23 heavy (non-hydrogen) atoms. The van der Waals surface area contributed by atoms with Gasteiger partial charge in [-0.15, -0.1) is 12.6 Å². The number of thiol groups is 1. The van der Waals surface area contributed by atoms with E-state index in [1.807, 2.05) is 0 Å². The highest BCUT2D eigenvalue weighted by Crippen LogP contribution is 2.44. The third-order valence-electron chi connectivity index (χ3n) is 2.74. The Labute approximate surface area is 152 Å². The molecule has 0 aliphatic carbocycles. The highest BCUT2D eigenvalue weighted by molar-refractivity contribution is 7.80. The molecule has 0 fully saturated rings. The normalized spacial score (nSPS) is 12.7. The number of hydrogen-bond donors (Lipinski definition) is 2. The van der Waals surface area contributed by atoms with Crippen LogP contribution >= 0.6 is 59.0 Å². The molecule has 0 unspecified atom stereocenters. The summed E-state index contributed by atoms with van der Waals surface area (Å²) in [7, 11) is 0. The van der Waals surface area contributed by atoms with E-state index in [4.69, 9.17) is 52.1 Å². The molecule has 1 aromatic heterocycles. The maximum atomic E-state index is 13.7. The maximum absolute atomic E-state index is 13.7. The van der Waals surface area contributed by atoms with E-state index in [0.717, 1.165) is 4.68 Å². The second-order valence-electron chi connectivity index (χ2n) is 4.28. The fourth-order valence-corrected chi connectivity index (χ4v) is 3.30. The Bertz CT molecular complexity index is 747. The number of nitrogens with two attached hydrogens (primary N) is 1. The minimum Gasteiger partial charge on any atom is -0.383 e. The van der Waals surface area contributed by atoms with E-state index >= 15 is 0 Å². The number of nitrogen functional groups attached to an aromatic ring is 1. The lowest BCUT2D eigenvalue weighted by Gasteiger charge is -2.14. The predicted molar refractivity (Wildman–Crippen MR) is 84.7 cm³/mol. The Balaban J connectivity index is 2.70. The molecule has 0 bridgehead atoms. The van der Waals surface area contributed by atoms with Crippen molar-refractivity contribution < 1.29 is 17.6 Å². The van der Waals surface area contributed by atoms with E-state index in [0.29, 0.717) is 12.1 Å². The van der Waals surface area contributed by atoms with Gasteiger partial charge in [-0.3, -0.25) is 0 Å². The summed E-state index contributed by atoms with van der Waals surface area (Å²) >= 11 is 26.2. The fraction of sp³-hybridized carbons (Fsp3) is 0.182. The number of aromatic nitrogens is 2. The van der Waals surface area contributed by atoms with Crippen molar-refractivity contribution in [3.63, 3.8) is 0 Å². The summed E-state index contributed by atoms with van der Waals surface area (Å²) in [5, 5.41) is 2.66. The van der Waals surface area contributed by atoms with Crippen LogP contribution < -0.4 is 5.73 Å². The van der Waals surface area contributed by atoms with E-state index in [9.17, 15) is 17.6 Å². The van der Waals surface area contributed by atoms with Crippen LogP contribution in [0.15, 0.2) is 17.2 Å². The maximum Gasteiger partial charge on any atom is 0.416 e. The molecule has 0 saturated heterocycles. The Kier molecular flexibility index (Phi) is 4.96. The van der Waals surface area contributed by atoms with Crippen LogP contribution in [0.5, 0.6) is 0 Å². The Morgan fingerprint density at radius 3 is 1.91 bits per heavy atom. The van der Waals surface area contributed by atoms with Crippen molar-refractivity contribution in [1.82, 2.24) is 9.78 Å². The summed E-state index contributed by atoms with van der Waals surface area (Å²) in [5.41, 5.74) is 3.95. The van der Waals surface area contributed by atoms with Crippen LogP contribution in [0.25, 0.3) is 5.69 Å². The molecule has 0 radical (unpaired) electrons. The van der Waals surface area contributed by atoms with E-state index in [1.165, 1.54) is 0 Å². The van der Waals surface area contributed by atoms with Crippen molar-refractivity contribution in [3.05, 3.63) is 33.3 Å². The molecule has 0 aliphatic rings. The SMILES string of the molecule is Nc1c(C(F)(Cl)Cl)c(S)nn1-c1c(Cl)cc(C(F)(F)F)cc1Cl. The van der Waals surface area contributed by atoms with Crippen molar-refractivity contribution in [1.29, 1.82) is 0 Å². The summed E-state index contributed by atoms with van der Waals surface area (Å²) in [5.74, 6) is -0.411. The van der Waals surface area contributed by atoms with Gasteiger partial charge < -0.3 is 5.73 Å². The molecule has 2 N–H and O–H groups in total. The largest absolute Gasteiger partial charge is 0.416 e. The molecule has 0 amide bonds. The van der Waals surface area contributed by atoms with Crippen LogP contribution in [0.2, 0.25) is 10.0 Å². The molecule has 0 atom stereocenters. The summed E-state index contributed by atoms with van der Waals surface area (Å²) in [6.45, 7) is 0. The Morgan fingerprint density at radius 1 is 1.09 bits per heavy atom. The first kappa shape index (κ1) is 18.8. The lowest BCUT2D eigenvalue weighted by molar-refractivity contribution is -0.137. The zero-order valence-electron chi connectivity index (χ0n) is 10.6. The molecular formula is C11H5Cl4F4N3S. The van der Waals surface area contributed by atoms with Gasteiger partial charge >= 0.3 is 6.18 Å². The standard InChI is InChI=1S/C11H5Cl4F4N3S/c12-4-1-3(11(17,18)19)2-5(13)7(4)22-8(20)6(9(23)21-22)10(14,15)16/h1-2H,20H2,(H,21,23). The van der Waals surface area contributed by atoms with E-state index in [-0.39, 0.29) is 10.7 Å². The average molecular weight is 429 g/mol. The lowest BCUT2D eigenvalue weighted by Crippen LogP contribution is -2.10. The third-order valence-corrected chi connectivity index (χ3v) is 4.01. The monoisotopic (exact) mass is 427 g/mol. The van der Waals surface area contributed by atoms with Gasteiger partial charge in [0.2, 0.25) is 0 Å². The van der Waals surface area contributed by atoms with Gasteiger partial charge in [0.05, 0.1) is 21.2 Å². The van der Waals surface area contributed by atoms with Crippen molar-refractivity contribution in [2.45, 2.75) is 15.8 Å². The third kappa shape index (κ3) is 3.61. The summed E-state index contributed by atoms with van der Waals surface area (Å²) < 4.78 is 49.8. The second kappa shape index (κ2) is 6.07. The van der Waals surface area contributed by atoms with E-state index in [1.54, 1.807) is 0 Å². The predicted octanol–water partition coefficient (Wildman–Crippen LogP) is 5.63. The number of anilines is 1. The number of benzene rings is 1. The van der Waals surface area contributed by atoms with Gasteiger partial charge in [0.25, 0.3) is 4.59 Å². The lowest BCUT2D eigenvalue weighted by atomic mass is 10.2. The van der Waals surface area contributed by atoms with Gasteiger partial charge in [-0.1, -0.05) is 46.4 Å². The first-order valence-electron chi connectivity index (χ1n) is 5.55. The molecule has 0 aliphatic heterocycles. The zero-order valence-corrected chi connectivity index (χ0v) is 14.5. The van der Waals surface area contributed by atoms with Gasteiger partial charge in [0, 0.05) is 0 Å². The van der Waals surface area contributed by atoms with Gasteiger partial charge in [0.1, 0.15) is 16.5 Å². The zero-order chi connectivity index (χ0) is 17.7. The van der Waals surface area contributed by atoms with Crippen LogP contribution in [0, 0.1) is 0 Å². The molecule has 1 aromatic carbocycles. The minimum absolute atomic E-state index is 0.196. The smallest absolute Gasteiger partial charge is 0.383 e. The molecule has 126 valence electrons. The summed E-state index contributed by atoms with van der Waals surface area (Å²) in [6.07, 6.45) is -4.65. The van der Waals surface area contributed by atoms with Gasteiger partial charge in [0.15, 0.2) is 0 Å². The highest BCUT2D eigenvalue weighted by atomic mass is 35.5. The second-order valence-corrected chi connectivity index (χ2v) is 6.75. The van der Waals surface area contributed by atoms with Crippen LogP contribution in [0.4, 0.5) is 23.4 Å². The molecular weight excluding hydrogens is 424 g/mol. The van der Waals surface area contributed by atoms with Crippen molar-refractivity contribution in [2.75, 3.05) is 5.73 Å². The van der Waals surface area contributed by atoms with Crippen molar-refractivity contribution >= 4 is 64.9 Å². The topological polar surface area (TPSA) is 43.8 Å². The number of nitrogens with zero attached hydrogens (tertiary/aromatic N) is 2. The van der Waals surface area contributed by atoms with Crippen LogP contribution in [-0.4, -0.2) is 9.78 Å². The summed E-state index contributed by atoms with van der Waals surface area (Å²) in [6, 6.07) is 1.26. The van der Waals surface area contributed by atoms with Gasteiger partial charge in [-0.25, -0.2) is 9.07 Å². The Morgan fingerprint density at radius 2 is 1.57 bits per heavy atom. The van der Waals surface area contributed by atoms with Crippen LogP contribution in [0.3, 0.4) is 0 Å². The molecule has 2 rings (SSSR count). The molecule has 3 nitrogen and oxygen atoms in total. The van der Waals surface area contributed by atoms with Gasteiger partial charge in [-0.2, -0.15) is 18.3 Å². The number of halogens is 8. The summed E-state index contributed by atoms with van der Waals surface area (Å²) in [4.78, 5) is 0. The number of rotatable bonds is 2. The van der Waals surface area contributed by atoms with Crippen molar-refractivity contribution in [2.24, 2.45) is 0 Å². The van der Waals surface area contributed by atoms with Crippen LogP contribution in [0.1, 0.15) is 11.1 Å². The average Bonchev–Trinajstić information content (AvgIpc) is 2.62. The molecule has 1 heterocycles. The minimum atomic E-state index is -4.65. The first-order valence-corrected chi connectivity index (χ1v) is 7.51. The fourth-order valence-electron chi connectivity index (χ4n) is 1.79. The molecule has 2 aromatic rings. The highest BCUT2D eigenvalue weighted by Gasteiger charge is 2.36. The van der Waals surface area contributed by atoms with E-state index in [2.05, 4.69) is 17.7 Å². The van der Waals surface area contributed by atoms with Crippen molar-refractivity contribution in [3.8, 4) is 5.69 Å². The van der Waals surface area contributed by atoms with Crippen LogP contribution in [-0.2, 0) is 10.8 Å². The molecule has 0 spiro atoms. The quantitative estimate of drug-likeness (QED) is 0.370. The van der Waals surface area contributed by atoms with E-state index < -0.39 is 37.8 Å². The number of hydrogen-bond acceptors (Lipinski definition) is 3. The number of alkyl halides is 6. The Hall–Kier alpha value is -0.540. The molecule has 12 heteroatoms. The van der Waals surface area contributed by atoms with Gasteiger partial charge in [-0.05, 0) is 12.1 Å².